The van der Waals surface area contributed by atoms with Crippen molar-refractivity contribution in [1.29, 1.82) is 0 Å². The van der Waals surface area contributed by atoms with Gasteiger partial charge in [-0.05, 0) is 57.8 Å². The molecule has 9 heteroatoms. The molecule has 0 aromatic heterocycles. The van der Waals surface area contributed by atoms with Crippen molar-refractivity contribution in [3.05, 3.63) is 36.5 Å². The average Bonchev–Trinajstić information content (AvgIpc) is 3.47. The minimum absolute atomic E-state index is 0.180. The van der Waals surface area contributed by atoms with Gasteiger partial charge in [-0.25, -0.2) is 0 Å². The highest BCUT2D eigenvalue weighted by Crippen LogP contribution is 2.23. The van der Waals surface area contributed by atoms with Gasteiger partial charge in [0.2, 0.25) is 5.91 Å². The molecule has 0 spiro atoms. The number of rotatable bonds is 61. The van der Waals surface area contributed by atoms with Gasteiger partial charge in [-0.1, -0.05) is 320 Å². The number of carbonyl (C=O) groups is 1. The van der Waals surface area contributed by atoms with E-state index in [1.54, 1.807) is 6.08 Å². The second-order valence-corrected chi connectivity index (χ2v) is 24.3. The summed E-state index contributed by atoms with van der Waals surface area (Å²) in [6, 6.07) is -0.822. The van der Waals surface area contributed by atoms with Crippen molar-refractivity contribution < 1.29 is 39.8 Å². The lowest BCUT2D eigenvalue weighted by atomic mass is 9.99. The molecule has 1 amide bonds. The van der Waals surface area contributed by atoms with E-state index in [0.717, 1.165) is 38.5 Å². The first-order valence-electron chi connectivity index (χ1n) is 34.7. The third-order valence-corrected chi connectivity index (χ3v) is 16.7. The van der Waals surface area contributed by atoms with Crippen LogP contribution in [0.2, 0.25) is 0 Å². The molecule has 7 unspecified atom stereocenters. The highest BCUT2D eigenvalue weighted by molar-refractivity contribution is 5.76. The number of amides is 1. The lowest BCUT2D eigenvalue weighted by Crippen LogP contribution is -2.60. The van der Waals surface area contributed by atoms with E-state index in [0.29, 0.717) is 6.42 Å². The van der Waals surface area contributed by atoms with Crippen LogP contribution in [0.25, 0.3) is 0 Å². The normalized spacial score (nSPS) is 18.7. The predicted molar refractivity (Wildman–Crippen MR) is 337 cm³/mol. The van der Waals surface area contributed by atoms with Gasteiger partial charge in [0, 0.05) is 6.42 Å². The Balaban J connectivity index is 2.15. The fourth-order valence-electron chi connectivity index (χ4n) is 11.2. The van der Waals surface area contributed by atoms with E-state index >= 15 is 0 Å². The van der Waals surface area contributed by atoms with E-state index < -0.39 is 49.5 Å². The lowest BCUT2D eigenvalue weighted by molar-refractivity contribution is -0.302. The van der Waals surface area contributed by atoms with Gasteiger partial charge in [0.25, 0.3) is 0 Å². The Kier molecular flexibility index (Phi) is 56.9. The number of aliphatic hydroxyl groups is 5. The summed E-state index contributed by atoms with van der Waals surface area (Å²) in [6.45, 7) is 3.82. The van der Waals surface area contributed by atoms with Crippen LogP contribution in [0.5, 0.6) is 0 Å². The molecule has 0 bridgehead atoms. The van der Waals surface area contributed by atoms with Crippen LogP contribution < -0.4 is 5.32 Å². The Morgan fingerprint density at radius 2 is 0.722 bits per heavy atom. The van der Waals surface area contributed by atoms with Crippen LogP contribution in [0.15, 0.2) is 36.5 Å². The van der Waals surface area contributed by atoms with Crippen LogP contribution in [0, 0.1) is 0 Å². The van der Waals surface area contributed by atoms with Crippen molar-refractivity contribution in [2.24, 2.45) is 0 Å². The second kappa shape index (κ2) is 59.6. The largest absolute Gasteiger partial charge is 0.394 e. The second-order valence-electron chi connectivity index (χ2n) is 24.3. The van der Waals surface area contributed by atoms with Gasteiger partial charge in [0.05, 0.1) is 25.4 Å². The molecule has 466 valence electrons. The average molecular weight is 1120 g/mol. The molecule has 1 aliphatic heterocycles. The number of nitrogens with one attached hydrogen (secondary N) is 1. The SMILES string of the molecule is CCCCCCCCCC/C=C\CCCCCCCCCCCCCCCCCC(=O)NC(COC1OC(CO)C(O)C(O)C1O)C(O)/C=C/CC/C=C/CCCCCCCCCCCCCCCCCCCCCCCCC. The Bertz CT molecular complexity index is 1340. The third-order valence-electron chi connectivity index (χ3n) is 16.7. The summed E-state index contributed by atoms with van der Waals surface area (Å²) in [7, 11) is 0. The molecule has 1 rings (SSSR count). The van der Waals surface area contributed by atoms with E-state index in [2.05, 4.69) is 43.5 Å². The number of hydrogen-bond acceptors (Lipinski definition) is 8. The Morgan fingerprint density at radius 1 is 0.418 bits per heavy atom. The van der Waals surface area contributed by atoms with Crippen LogP contribution in [-0.2, 0) is 14.3 Å². The van der Waals surface area contributed by atoms with Crippen molar-refractivity contribution in [1.82, 2.24) is 5.32 Å². The molecule has 9 nitrogen and oxygen atoms in total. The lowest BCUT2D eigenvalue weighted by Gasteiger charge is -2.40. The van der Waals surface area contributed by atoms with Crippen LogP contribution in [0.4, 0.5) is 0 Å². The summed E-state index contributed by atoms with van der Waals surface area (Å²) < 4.78 is 11.3. The van der Waals surface area contributed by atoms with Crippen molar-refractivity contribution in [3.8, 4) is 0 Å². The standard InChI is InChI=1S/C70H133NO8/c1-3-5-7-9-11-13-15-17-19-21-23-25-27-29-31-32-34-35-37-39-41-43-45-47-49-51-53-55-57-59-64(73)63(62-78-70-69(77)68(76)67(75)65(61-72)79-70)71-66(74)60-58-56-54-52-50-48-46-44-42-40-38-36-33-30-28-26-24-22-20-18-16-14-12-10-8-6-4-2/h22,24,49,51,57,59,63-65,67-70,72-73,75-77H,3-21,23,25-48,50,52-56,58,60-62H2,1-2H3,(H,71,74)/b24-22-,51-49+,59-57+. The zero-order valence-electron chi connectivity index (χ0n) is 52.2. The van der Waals surface area contributed by atoms with Crippen molar-refractivity contribution in [2.45, 2.75) is 391 Å². The molecule has 1 saturated heterocycles. The summed E-state index contributed by atoms with van der Waals surface area (Å²) in [5.74, 6) is -0.180. The van der Waals surface area contributed by atoms with E-state index in [1.807, 2.05) is 6.08 Å². The molecule has 6 N–H and O–H groups in total. The Morgan fingerprint density at radius 3 is 1.06 bits per heavy atom. The van der Waals surface area contributed by atoms with Gasteiger partial charge < -0.3 is 40.3 Å². The molecule has 0 aromatic rings. The maximum absolute atomic E-state index is 13.1. The first kappa shape index (κ1) is 75.4. The molecule has 0 aromatic carbocycles. The maximum Gasteiger partial charge on any atom is 0.220 e. The van der Waals surface area contributed by atoms with Crippen LogP contribution in [0.1, 0.15) is 348 Å². The molecular formula is C70H133NO8. The number of allylic oxidation sites excluding steroid dienone is 5. The molecule has 0 saturated carbocycles. The summed E-state index contributed by atoms with van der Waals surface area (Å²) in [4.78, 5) is 13.1. The minimum atomic E-state index is -1.57. The van der Waals surface area contributed by atoms with Gasteiger partial charge in [-0.15, -0.1) is 0 Å². The summed E-state index contributed by atoms with van der Waals surface area (Å²) in [5, 5.41) is 54.7. The highest BCUT2D eigenvalue weighted by atomic mass is 16.7. The minimum Gasteiger partial charge on any atom is -0.394 e. The van der Waals surface area contributed by atoms with Gasteiger partial charge in [0.15, 0.2) is 6.29 Å². The molecule has 0 radical (unpaired) electrons. The highest BCUT2D eigenvalue weighted by Gasteiger charge is 2.44. The molecule has 0 aliphatic carbocycles. The fourth-order valence-corrected chi connectivity index (χ4v) is 11.2. The quantitative estimate of drug-likeness (QED) is 0.0261. The predicted octanol–water partition coefficient (Wildman–Crippen LogP) is 18.6. The van der Waals surface area contributed by atoms with E-state index in [-0.39, 0.29) is 12.5 Å². The number of unbranched alkanes of at least 4 members (excludes halogenated alkanes) is 47. The smallest absolute Gasteiger partial charge is 0.220 e. The van der Waals surface area contributed by atoms with Crippen LogP contribution >= 0.6 is 0 Å². The van der Waals surface area contributed by atoms with E-state index in [4.69, 9.17) is 9.47 Å². The molecule has 79 heavy (non-hydrogen) atoms. The zero-order chi connectivity index (χ0) is 57.2. The first-order valence-corrected chi connectivity index (χ1v) is 34.7. The number of aliphatic hydroxyl groups excluding tert-OH is 5. The molecule has 7 atom stereocenters. The van der Waals surface area contributed by atoms with Crippen molar-refractivity contribution in [3.63, 3.8) is 0 Å². The number of carbonyl (C=O) groups excluding carboxylic acids is 1. The van der Waals surface area contributed by atoms with Crippen molar-refractivity contribution in [2.75, 3.05) is 13.2 Å². The van der Waals surface area contributed by atoms with Gasteiger partial charge in [0.1, 0.15) is 24.4 Å². The maximum atomic E-state index is 13.1. The fraction of sp³-hybridized carbons (Fsp3) is 0.900. The molecule has 1 heterocycles. The van der Waals surface area contributed by atoms with Crippen LogP contribution in [-0.4, -0.2) is 87.5 Å². The van der Waals surface area contributed by atoms with Gasteiger partial charge in [-0.3, -0.25) is 4.79 Å². The zero-order valence-corrected chi connectivity index (χ0v) is 52.2. The topological polar surface area (TPSA) is 149 Å². The van der Waals surface area contributed by atoms with Crippen molar-refractivity contribution >= 4 is 5.91 Å². The van der Waals surface area contributed by atoms with Gasteiger partial charge >= 0.3 is 0 Å². The summed E-state index contributed by atoms with van der Waals surface area (Å²) in [5.41, 5.74) is 0. The molecule has 1 aliphatic rings. The van der Waals surface area contributed by atoms with E-state index in [1.165, 1.54) is 289 Å². The Labute approximate surface area is 489 Å². The van der Waals surface area contributed by atoms with E-state index in [9.17, 15) is 30.3 Å². The molecule has 1 fully saturated rings. The first-order chi connectivity index (χ1) is 38.8. The Hall–Kier alpha value is -1.59. The monoisotopic (exact) mass is 1120 g/mol. The third kappa shape index (κ3) is 48.5. The number of hydrogen-bond donors (Lipinski definition) is 6. The van der Waals surface area contributed by atoms with Gasteiger partial charge in [-0.2, -0.15) is 0 Å². The van der Waals surface area contributed by atoms with Crippen LogP contribution in [0.3, 0.4) is 0 Å². The summed E-state index contributed by atoms with van der Waals surface area (Å²) in [6.07, 6.45) is 72.5. The number of ether oxygens (including phenoxy) is 2. The summed E-state index contributed by atoms with van der Waals surface area (Å²) >= 11 is 0. The molecular weight excluding hydrogens is 983 g/mol.